The van der Waals surface area contributed by atoms with E-state index in [4.69, 9.17) is 9.47 Å². The zero-order valence-electron chi connectivity index (χ0n) is 12.6. The van der Waals surface area contributed by atoms with Crippen LogP contribution in [0.15, 0.2) is 48.5 Å². The summed E-state index contributed by atoms with van der Waals surface area (Å²) in [5.74, 6) is 0.671. The lowest BCUT2D eigenvalue weighted by atomic mass is 10.2. The molecular weight excluding hydrogens is 405 g/mol. The highest BCUT2D eigenvalue weighted by atomic mass is 127. The number of carbonyl (C=O) groups excluding carboxylic acids is 1. The monoisotopic (exact) mass is 423 g/mol. The van der Waals surface area contributed by atoms with Gasteiger partial charge in [0.25, 0.3) is 5.91 Å². The van der Waals surface area contributed by atoms with Gasteiger partial charge >= 0.3 is 0 Å². The maximum Gasteiger partial charge on any atom is 0.255 e. The Balaban J connectivity index is 1.55. The Hall–Kier alpha value is -1.60. The number of hydrogen-bond acceptors (Lipinski definition) is 3. The number of rotatable bonds is 5. The fourth-order valence-electron chi connectivity index (χ4n) is 2.43. The maximum atomic E-state index is 12.2. The topological polar surface area (TPSA) is 47.6 Å². The predicted octanol–water partition coefficient (Wildman–Crippen LogP) is 4.10. The number of anilines is 1. The van der Waals surface area contributed by atoms with Crippen molar-refractivity contribution in [2.24, 2.45) is 0 Å². The second-order valence-corrected chi connectivity index (χ2v) is 6.68. The Morgan fingerprint density at radius 3 is 2.78 bits per heavy atom. The molecule has 23 heavy (non-hydrogen) atoms. The summed E-state index contributed by atoms with van der Waals surface area (Å²) >= 11 is 2.19. The summed E-state index contributed by atoms with van der Waals surface area (Å²) in [5, 5.41) is 2.89. The van der Waals surface area contributed by atoms with E-state index in [1.807, 2.05) is 42.5 Å². The largest absolute Gasteiger partial charge is 0.491 e. The molecule has 1 atom stereocenters. The molecular formula is C18H18INO3. The van der Waals surface area contributed by atoms with Gasteiger partial charge in [-0.05, 0) is 77.9 Å². The second-order valence-electron chi connectivity index (χ2n) is 5.43. The first-order chi connectivity index (χ1) is 11.2. The highest BCUT2D eigenvalue weighted by molar-refractivity contribution is 14.1. The summed E-state index contributed by atoms with van der Waals surface area (Å²) in [4.78, 5) is 12.2. The quantitative estimate of drug-likeness (QED) is 0.737. The number of nitrogens with one attached hydrogen (secondary N) is 1. The number of amides is 1. The molecule has 1 heterocycles. The number of carbonyl (C=O) groups is 1. The Morgan fingerprint density at radius 2 is 2.09 bits per heavy atom. The molecule has 0 spiro atoms. The van der Waals surface area contributed by atoms with Crippen molar-refractivity contribution < 1.29 is 14.3 Å². The van der Waals surface area contributed by atoms with Gasteiger partial charge < -0.3 is 14.8 Å². The smallest absolute Gasteiger partial charge is 0.255 e. The zero-order valence-corrected chi connectivity index (χ0v) is 14.8. The van der Waals surface area contributed by atoms with Gasteiger partial charge in [0.15, 0.2) is 0 Å². The standard InChI is InChI=1S/C18H18INO3/c19-14-4-1-3-13(11-14)18(21)20-15-6-8-16(9-7-15)23-12-17-5-2-10-22-17/h1,3-4,6-9,11,17H,2,5,10,12H2,(H,20,21). The van der Waals surface area contributed by atoms with Gasteiger partial charge in [0.2, 0.25) is 0 Å². The Kier molecular flexibility index (Phi) is 5.51. The van der Waals surface area contributed by atoms with Crippen LogP contribution >= 0.6 is 22.6 Å². The molecule has 0 bridgehead atoms. The molecule has 0 aromatic heterocycles. The van der Waals surface area contributed by atoms with E-state index in [0.717, 1.165) is 34.5 Å². The van der Waals surface area contributed by atoms with Crippen molar-refractivity contribution in [1.82, 2.24) is 0 Å². The molecule has 120 valence electrons. The summed E-state index contributed by atoms with van der Waals surface area (Å²) in [6, 6.07) is 14.9. The molecule has 1 unspecified atom stereocenters. The average molecular weight is 423 g/mol. The lowest BCUT2D eigenvalue weighted by Gasteiger charge is -2.12. The van der Waals surface area contributed by atoms with Gasteiger partial charge in [-0.3, -0.25) is 4.79 Å². The summed E-state index contributed by atoms with van der Waals surface area (Å²) in [6.07, 6.45) is 2.37. The molecule has 1 aliphatic heterocycles. The van der Waals surface area contributed by atoms with E-state index in [2.05, 4.69) is 27.9 Å². The van der Waals surface area contributed by atoms with Gasteiger partial charge in [-0.2, -0.15) is 0 Å². The first kappa shape index (κ1) is 16.3. The molecule has 1 aliphatic rings. The van der Waals surface area contributed by atoms with Crippen LogP contribution in [0.25, 0.3) is 0 Å². The molecule has 0 saturated carbocycles. The van der Waals surface area contributed by atoms with Crippen LogP contribution in [-0.4, -0.2) is 25.2 Å². The zero-order chi connectivity index (χ0) is 16.1. The third-order valence-corrected chi connectivity index (χ3v) is 4.33. The van der Waals surface area contributed by atoms with Gasteiger partial charge in [0.05, 0.1) is 6.10 Å². The minimum Gasteiger partial charge on any atom is -0.491 e. The molecule has 5 heteroatoms. The van der Waals surface area contributed by atoms with Crippen molar-refractivity contribution in [3.8, 4) is 5.75 Å². The van der Waals surface area contributed by atoms with Gasteiger partial charge in [0, 0.05) is 21.4 Å². The van der Waals surface area contributed by atoms with E-state index in [1.165, 1.54) is 0 Å². The van der Waals surface area contributed by atoms with E-state index in [9.17, 15) is 4.79 Å². The average Bonchev–Trinajstić information content (AvgIpc) is 3.08. The van der Waals surface area contributed by atoms with E-state index < -0.39 is 0 Å². The van der Waals surface area contributed by atoms with Crippen LogP contribution in [0.2, 0.25) is 0 Å². The van der Waals surface area contributed by atoms with Gasteiger partial charge in [0.1, 0.15) is 12.4 Å². The van der Waals surface area contributed by atoms with E-state index in [0.29, 0.717) is 12.2 Å². The highest BCUT2D eigenvalue weighted by Gasteiger charge is 2.15. The van der Waals surface area contributed by atoms with Crippen LogP contribution in [-0.2, 0) is 4.74 Å². The summed E-state index contributed by atoms with van der Waals surface area (Å²) in [5.41, 5.74) is 1.40. The van der Waals surface area contributed by atoms with Crippen LogP contribution in [0.4, 0.5) is 5.69 Å². The molecule has 1 amide bonds. The molecule has 1 N–H and O–H groups in total. The van der Waals surface area contributed by atoms with E-state index in [-0.39, 0.29) is 12.0 Å². The molecule has 2 aromatic carbocycles. The first-order valence-electron chi connectivity index (χ1n) is 7.62. The number of hydrogen-bond donors (Lipinski definition) is 1. The first-order valence-corrected chi connectivity index (χ1v) is 8.70. The SMILES string of the molecule is O=C(Nc1ccc(OCC2CCCO2)cc1)c1cccc(I)c1. The van der Waals surface area contributed by atoms with Crippen LogP contribution in [0.1, 0.15) is 23.2 Å². The van der Waals surface area contributed by atoms with Gasteiger partial charge in [-0.15, -0.1) is 0 Å². The lowest BCUT2D eigenvalue weighted by molar-refractivity contribution is 0.0679. The van der Waals surface area contributed by atoms with Crippen LogP contribution in [0.5, 0.6) is 5.75 Å². The predicted molar refractivity (Wildman–Crippen MR) is 98.0 cm³/mol. The van der Waals surface area contributed by atoms with Crippen LogP contribution in [0, 0.1) is 3.57 Å². The van der Waals surface area contributed by atoms with Crippen molar-refractivity contribution in [3.63, 3.8) is 0 Å². The molecule has 0 aliphatic carbocycles. The van der Waals surface area contributed by atoms with E-state index >= 15 is 0 Å². The Morgan fingerprint density at radius 1 is 1.26 bits per heavy atom. The summed E-state index contributed by atoms with van der Waals surface area (Å²) in [7, 11) is 0. The fourth-order valence-corrected chi connectivity index (χ4v) is 2.98. The number of halogens is 1. The summed E-state index contributed by atoms with van der Waals surface area (Å²) in [6.45, 7) is 1.41. The molecule has 1 saturated heterocycles. The van der Waals surface area contributed by atoms with Crippen LogP contribution < -0.4 is 10.1 Å². The Bertz CT molecular complexity index is 666. The normalized spacial score (nSPS) is 17.0. The number of ether oxygens (including phenoxy) is 2. The summed E-state index contributed by atoms with van der Waals surface area (Å²) < 4.78 is 12.3. The van der Waals surface area contributed by atoms with Crippen molar-refractivity contribution >= 4 is 34.2 Å². The maximum absolute atomic E-state index is 12.2. The molecule has 3 rings (SSSR count). The lowest BCUT2D eigenvalue weighted by Crippen LogP contribution is -2.16. The molecule has 4 nitrogen and oxygen atoms in total. The molecule has 2 aromatic rings. The van der Waals surface area contributed by atoms with Gasteiger partial charge in [-0.25, -0.2) is 0 Å². The number of benzene rings is 2. The van der Waals surface area contributed by atoms with E-state index in [1.54, 1.807) is 6.07 Å². The minimum atomic E-state index is -0.114. The van der Waals surface area contributed by atoms with Crippen molar-refractivity contribution in [2.75, 3.05) is 18.5 Å². The van der Waals surface area contributed by atoms with Crippen molar-refractivity contribution in [3.05, 3.63) is 57.7 Å². The minimum absolute atomic E-state index is 0.114. The Labute approximate surface area is 149 Å². The third-order valence-electron chi connectivity index (χ3n) is 3.66. The van der Waals surface area contributed by atoms with Crippen molar-refractivity contribution in [1.29, 1.82) is 0 Å². The molecule has 1 fully saturated rings. The fraction of sp³-hybridized carbons (Fsp3) is 0.278. The highest BCUT2D eigenvalue weighted by Crippen LogP contribution is 2.19. The van der Waals surface area contributed by atoms with Gasteiger partial charge in [-0.1, -0.05) is 6.07 Å². The van der Waals surface area contributed by atoms with Crippen molar-refractivity contribution in [2.45, 2.75) is 18.9 Å². The second kappa shape index (κ2) is 7.79. The third kappa shape index (κ3) is 4.68. The van der Waals surface area contributed by atoms with Crippen LogP contribution in [0.3, 0.4) is 0 Å². The molecule has 0 radical (unpaired) electrons.